The Labute approximate surface area is 204 Å². The number of para-hydroxylation sites is 1. The Morgan fingerprint density at radius 2 is 1.82 bits per heavy atom. The maximum Gasteiger partial charge on any atom is 0.252 e. The first-order valence-corrected chi connectivity index (χ1v) is 12.2. The van der Waals surface area contributed by atoms with E-state index in [0.717, 1.165) is 22.6 Å². The third kappa shape index (κ3) is 5.48. The lowest BCUT2D eigenvalue weighted by atomic mass is 10.1. The van der Waals surface area contributed by atoms with Crippen molar-refractivity contribution in [3.05, 3.63) is 95.3 Å². The van der Waals surface area contributed by atoms with E-state index < -0.39 is 0 Å². The van der Waals surface area contributed by atoms with Crippen LogP contribution in [0, 0.1) is 5.82 Å². The molecule has 3 aromatic rings. The van der Waals surface area contributed by atoms with E-state index >= 15 is 0 Å². The van der Waals surface area contributed by atoms with Crippen LogP contribution in [0.25, 0.3) is 0 Å². The summed E-state index contributed by atoms with van der Waals surface area (Å²) in [5, 5.41) is 2.98. The first-order chi connectivity index (χ1) is 16.4. The van der Waals surface area contributed by atoms with E-state index in [9.17, 15) is 14.0 Å². The van der Waals surface area contributed by atoms with Gasteiger partial charge < -0.3 is 15.1 Å². The van der Waals surface area contributed by atoms with Gasteiger partial charge in [0.05, 0.1) is 17.4 Å². The van der Waals surface area contributed by atoms with Crippen LogP contribution in [0.5, 0.6) is 0 Å². The molecule has 0 saturated heterocycles. The Kier molecular flexibility index (Phi) is 7.65. The highest BCUT2D eigenvalue weighted by Crippen LogP contribution is 2.30. The van der Waals surface area contributed by atoms with Gasteiger partial charge in [0.1, 0.15) is 5.82 Å². The summed E-state index contributed by atoms with van der Waals surface area (Å²) in [6, 6.07) is 21.5. The summed E-state index contributed by atoms with van der Waals surface area (Å²) in [6.45, 7) is 1.02. The Bertz CT molecular complexity index is 1180. The van der Waals surface area contributed by atoms with E-state index in [1.54, 1.807) is 12.1 Å². The highest BCUT2D eigenvalue weighted by molar-refractivity contribution is 8.00. The molecule has 1 heterocycles. The van der Waals surface area contributed by atoms with Crippen molar-refractivity contribution in [3.8, 4) is 0 Å². The topological polar surface area (TPSA) is 52.7 Å². The maximum atomic E-state index is 13.7. The normalized spacial score (nSPS) is 13.6. The van der Waals surface area contributed by atoms with Gasteiger partial charge in [0.25, 0.3) is 5.91 Å². The van der Waals surface area contributed by atoms with E-state index in [-0.39, 0.29) is 29.4 Å². The lowest BCUT2D eigenvalue weighted by molar-refractivity contribution is -0.116. The summed E-state index contributed by atoms with van der Waals surface area (Å²) >= 11 is 1.37. The summed E-state index contributed by atoms with van der Waals surface area (Å²) in [6.07, 6.45) is 0.865. The Balaban J connectivity index is 1.40. The number of carbonyl (C=O) groups excluding carboxylic acids is 2. The van der Waals surface area contributed by atoms with E-state index in [1.165, 1.54) is 29.5 Å². The lowest BCUT2D eigenvalue weighted by Crippen LogP contribution is -2.35. The zero-order valence-corrected chi connectivity index (χ0v) is 20.1. The third-order valence-corrected chi connectivity index (χ3v) is 7.04. The minimum atomic E-state index is -0.303. The van der Waals surface area contributed by atoms with Crippen LogP contribution in [-0.2, 0) is 11.2 Å². The fraction of sp³-hybridized carbons (Fsp3) is 0.259. The van der Waals surface area contributed by atoms with E-state index in [4.69, 9.17) is 0 Å². The van der Waals surface area contributed by atoms with Crippen molar-refractivity contribution < 1.29 is 14.0 Å². The molecule has 4 rings (SSSR count). The van der Waals surface area contributed by atoms with Crippen molar-refractivity contribution in [3.63, 3.8) is 0 Å². The van der Waals surface area contributed by atoms with Gasteiger partial charge in [-0.25, -0.2) is 4.39 Å². The van der Waals surface area contributed by atoms with Crippen LogP contribution in [0.3, 0.4) is 0 Å². The number of carbonyl (C=O) groups is 2. The largest absolute Gasteiger partial charge is 0.350 e. The number of fused-ring (bicyclic) bond motifs is 1. The predicted octanol–water partition coefficient (Wildman–Crippen LogP) is 4.54. The lowest BCUT2D eigenvalue weighted by Gasteiger charge is -2.25. The number of halogens is 1. The van der Waals surface area contributed by atoms with Crippen LogP contribution in [0.1, 0.15) is 27.5 Å². The van der Waals surface area contributed by atoms with Crippen molar-refractivity contribution in [2.45, 2.75) is 17.4 Å². The summed E-state index contributed by atoms with van der Waals surface area (Å²) in [7, 11) is 3.79. The summed E-state index contributed by atoms with van der Waals surface area (Å²) in [5.41, 5.74) is 3.49. The number of hydrogen-bond donors (Lipinski definition) is 1. The molecule has 176 valence electrons. The number of rotatable bonds is 8. The zero-order chi connectivity index (χ0) is 24.1. The fourth-order valence-electron chi connectivity index (χ4n) is 4.19. The molecule has 1 atom stereocenters. The monoisotopic (exact) mass is 477 g/mol. The van der Waals surface area contributed by atoms with E-state index in [2.05, 4.69) is 11.4 Å². The Morgan fingerprint density at radius 1 is 1.06 bits per heavy atom. The molecule has 0 aromatic heterocycles. The van der Waals surface area contributed by atoms with Crippen LogP contribution in [0.15, 0.2) is 77.7 Å². The number of nitrogens with zero attached hydrogens (tertiary/aromatic N) is 2. The molecule has 1 aliphatic rings. The second kappa shape index (κ2) is 10.8. The molecule has 7 heteroatoms. The summed E-state index contributed by atoms with van der Waals surface area (Å²) in [5.74, 6) is -0.237. The molecular weight excluding hydrogens is 449 g/mol. The molecule has 3 aromatic carbocycles. The molecular formula is C27H28FN3O2S. The van der Waals surface area contributed by atoms with Crippen molar-refractivity contribution in [1.82, 2.24) is 10.2 Å². The smallest absolute Gasteiger partial charge is 0.252 e. The second-order valence-corrected chi connectivity index (χ2v) is 9.47. The number of benzene rings is 3. The predicted molar refractivity (Wildman–Crippen MR) is 135 cm³/mol. The summed E-state index contributed by atoms with van der Waals surface area (Å²) in [4.78, 5) is 30.5. The van der Waals surface area contributed by atoms with Crippen LogP contribution in [0.2, 0.25) is 0 Å². The zero-order valence-electron chi connectivity index (χ0n) is 19.3. The van der Waals surface area contributed by atoms with Crippen LogP contribution < -0.4 is 10.2 Å². The molecule has 0 radical (unpaired) electrons. The average Bonchev–Trinajstić information content (AvgIpc) is 3.27. The van der Waals surface area contributed by atoms with Crippen LogP contribution in [0.4, 0.5) is 10.1 Å². The number of hydrogen-bond acceptors (Lipinski definition) is 4. The summed E-state index contributed by atoms with van der Waals surface area (Å²) < 4.78 is 13.7. The van der Waals surface area contributed by atoms with Crippen molar-refractivity contribution in [2.24, 2.45) is 0 Å². The quantitative estimate of drug-likeness (QED) is 0.484. The van der Waals surface area contributed by atoms with Gasteiger partial charge >= 0.3 is 0 Å². The molecule has 0 bridgehead atoms. The van der Waals surface area contributed by atoms with Gasteiger partial charge in [0.15, 0.2) is 0 Å². The third-order valence-electron chi connectivity index (χ3n) is 5.98. The number of thioether (sulfide) groups is 1. The Hall–Kier alpha value is -3.16. The van der Waals surface area contributed by atoms with Gasteiger partial charge in [-0.1, -0.05) is 42.5 Å². The van der Waals surface area contributed by atoms with E-state index in [1.807, 2.05) is 66.4 Å². The van der Waals surface area contributed by atoms with Crippen LogP contribution in [-0.4, -0.2) is 49.7 Å². The van der Waals surface area contributed by atoms with Gasteiger partial charge in [-0.2, -0.15) is 0 Å². The number of nitrogens with one attached hydrogen (secondary N) is 1. The van der Waals surface area contributed by atoms with Crippen molar-refractivity contribution in [1.29, 1.82) is 0 Å². The number of amides is 2. The molecule has 1 unspecified atom stereocenters. The molecule has 34 heavy (non-hydrogen) atoms. The number of anilines is 1. The highest BCUT2D eigenvalue weighted by Gasteiger charge is 2.24. The SMILES string of the molecule is CN(C)C(CNC(=O)c1ccccc1SCC(=O)N1CCc2ccccc21)c1cccc(F)c1. The van der Waals surface area contributed by atoms with Gasteiger partial charge in [-0.05, 0) is 62.0 Å². The average molecular weight is 478 g/mol. The molecule has 2 amide bonds. The number of likely N-dealkylation sites (N-methyl/N-ethyl adjacent to an activating group) is 1. The fourth-order valence-corrected chi connectivity index (χ4v) is 5.12. The molecule has 0 fully saturated rings. The molecule has 0 saturated carbocycles. The Morgan fingerprint density at radius 3 is 2.62 bits per heavy atom. The first-order valence-electron chi connectivity index (χ1n) is 11.2. The second-order valence-electron chi connectivity index (χ2n) is 8.45. The van der Waals surface area contributed by atoms with Gasteiger partial charge in [0, 0.05) is 23.7 Å². The van der Waals surface area contributed by atoms with Crippen molar-refractivity contribution >= 4 is 29.3 Å². The van der Waals surface area contributed by atoms with E-state index in [0.29, 0.717) is 18.7 Å². The van der Waals surface area contributed by atoms with Gasteiger partial charge in [0.2, 0.25) is 5.91 Å². The minimum absolute atomic E-state index is 0.0314. The first kappa shape index (κ1) is 24.0. The van der Waals surface area contributed by atoms with Gasteiger partial charge in [-0.3, -0.25) is 9.59 Å². The van der Waals surface area contributed by atoms with Gasteiger partial charge in [-0.15, -0.1) is 11.8 Å². The molecule has 1 aliphatic heterocycles. The highest BCUT2D eigenvalue weighted by atomic mass is 32.2. The molecule has 0 aliphatic carbocycles. The van der Waals surface area contributed by atoms with Crippen molar-refractivity contribution in [2.75, 3.05) is 37.8 Å². The molecule has 0 spiro atoms. The van der Waals surface area contributed by atoms with Crippen LogP contribution >= 0.6 is 11.8 Å². The standard InChI is InChI=1S/C27H28FN3O2S/c1-30(2)24(20-9-7-10-21(28)16-20)17-29-27(33)22-11-4-6-13-25(22)34-18-26(32)31-15-14-19-8-3-5-12-23(19)31/h3-13,16,24H,14-15,17-18H2,1-2H3,(H,29,33). The molecule has 5 nitrogen and oxygen atoms in total. The maximum absolute atomic E-state index is 13.7. The minimum Gasteiger partial charge on any atom is -0.350 e. The molecule has 1 N–H and O–H groups in total.